The summed E-state index contributed by atoms with van der Waals surface area (Å²) < 4.78 is 0. The molecule has 0 radical (unpaired) electrons. The lowest BCUT2D eigenvalue weighted by Gasteiger charge is -2.30. The molecule has 0 unspecified atom stereocenters. The normalized spacial score (nSPS) is 19.5. The molecule has 2 amide bonds. The fourth-order valence-corrected chi connectivity index (χ4v) is 4.96. The lowest BCUT2D eigenvalue weighted by atomic mass is 9.77. The molecule has 3 aromatic carbocycles. The lowest BCUT2D eigenvalue weighted by Crippen LogP contribution is -2.35. The maximum Gasteiger partial charge on any atom is 0.342 e. The molecule has 1 N–H and O–H groups in total. The predicted octanol–water partition coefficient (Wildman–Crippen LogP) is 7.20. The van der Waals surface area contributed by atoms with Gasteiger partial charge in [0.1, 0.15) is 0 Å². The highest BCUT2D eigenvalue weighted by Gasteiger charge is 2.44. The van der Waals surface area contributed by atoms with E-state index in [1.54, 1.807) is 18.2 Å². The minimum absolute atomic E-state index is 0.0642. The Morgan fingerprint density at radius 3 is 2.52 bits per heavy atom. The van der Waals surface area contributed by atoms with Crippen LogP contribution in [0.1, 0.15) is 29.2 Å². The van der Waals surface area contributed by atoms with Gasteiger partial charge in [0, 0.05) is 22.2 Å². The highest BCUT2D eigenvalue weighted by Crippen LogP contribution is 2.45. The molecule has 0 fully saturated rings. The van der Waals surface area contributed by atoms with Crippen LogP contribution in [0.4, 0.5) is 10.5 Å². The molecule has 156 valence electrons. The molecule has 31 heavy (non-hydrogen) atoms. The molecule has 7 heteroatoms. The summed E-state index contributed by atoms with van der Waals surface area (Å²) in [6, 6.07) is 20.2. The number of hydrogen-bond donors (Lipinski definition) is 1. The van der Waals surface area contributed by atoms with Gasteiger partial charge in [-0.1, -0.05) is 77.3 Å². The summed E-state index contributed by atoms with van der Waals surface area (Å²) in [6.07, 6.45) is 1.82. The molecule has 4 nitrogen and oxygen atoms in total. The Hall–Kier alpha value is -2.53. The second kappa shape index (κ2) is 8.19. The van der Waals surface area contributed by atoms with Gasteiger partial charge in [-0.05, 0) is 48.2 Å². The van der Waals surface area contributed by atoms with Crippen molar-refractivity contribution < 1.29 is 4.79 Å². The third-order valence-corrected chi connectivity index (χ3v) is 6.92. The zero-order chi connectivity index (χ0) is 21.5. The number of hydrogen-bond acceptors (Lipinski definition) is 2. The Kier molecular flexibility index (Phi) is 5.39. The van der Waals surface area contributed by atoms with Gasteiger partial charge in [0.15, 0.2) is 0 Å². The van der Waals surface area contributed by atoms with Gasteiger partial charge in [-0.25, -0.2) is 9.80 Å². The maximum absolute atomic E-state index is 13.3. The smallest absolute Gasteiger partial charge is 0.306 e. The minimum Gasteiger partial charge on any atom is -0.306 e. The molecule has 1 heterocycles. The summed E-state index contributed by atoms with van der Waals surface area (Å²) in [6.45, 7) is 0. The fraction of sp³-hybridized carbons (Fsp3) is 0.167. The van der Waals surface area contributed by atoms with Gasteiger partial charge in [0.05, 0.1) is 21.8 Å². The van der Waals surface area contributed by atoms with Crippen LogP contribution in [0.25, 0.3) is 0 Å². The van der Waals surface area contributed by atoms with Gasteiger partial charge in [-0.2, -0.15) is 5.10 Å². The lowest BCUT2D eigenvalue weighted by molar-refractivity contribution is 0.188. The van der Waals surface area contributed by atoms with E-state index in [1.807, 2.05) is 36.4 Å². The van der Waals surface area contributed by atoms with Crippen LogP contribution in [0.5, 0.6) is 0 Å². The molecule has 0 spiro atoms. The summed E-state index contributed by atoms with van der Waals surface area (Å²) in [5.74, 6) is 0.0642. The molecule has 3 aromatic rings. The van der Waals surface area contributed by atoms with Crippen molar-refractivity contribution in [2.75, 3.05) is 5.32 Å². The number of carbonyl (C=O) groups excluding carboxylic acids is 1. The number of aryl methyl sites for hydroxylation is 1. The summed E-state index contributed by atoms with van der Waals surface area (Å²) >= 11 is 18.7. The van der Waals surface area contributed by atoms with Gasteiger partial charge in [0.25, 0.3) is 0 Å². The molecule has 2 aliphatic rings. The number of fused-ring (bicyclic) bond motifs is 3. The van der Waals surface area contributed by atoms with Crippen molar-refractivity contribution in [1.29, 1.82) is 0 Å². The third kappa shape index (κ3) is 3.69. The van der Waals surface area contributed by atoms with Crippen LogP contribution in [0.3, 0.4) is 0 Å². The van der Waals surface area contributed by atoms with Gasteiger partial charge in [-0.3, -0.25) is 0 Å². The summed E-state index contributed by atoms with van der Waals surface area (Å²) in [4.78, 5) is 13.3. The number of benzene rings is 3. The SMILES string of the molecule is O=C(Nc1ccc(Cl)c(Cl)c1)N1N=C2c3ccccc3CC[C@@H]2[C@H]1c1ccccc1Cl. The average Bonchev–Trinajstić information content (AvgIpc) is 3.17. The standard InChI is InChI=1S/C24H18Cl3N3O/c25-19-8-4-3-7-17(19)23-18-11-9-14-5-1-2-6-16(14)22(18)29-30(23)24(31)28-15-10-12-20(26)21(27)13-15/h1-8,10,12-13,18,23H,9,11H2,(H,28,31)/t18-,23+/m0/s1. The quantitative estimate of drug-likeness (QED) is 0.423. The third-order valence-electron chi connectivity index (χ3n) is 5.83. The fourth-order valence-electron chi connectivity index (χ4n) is 4.41. The van der Waals surface area contributed by atoms with E-state index in [2.05, 4.69) is 17.4 Å². The Morgan fingerprint density at radius 1 is 0.935 bits per heavy atom. The maximum atomic E-state index is 13.3. The molecule has 2 atom stereocenters. The Morgan fingerprint density at radius 2 is 1.71 bits per heavy atom. The van der Waals surface area contributed by atoms with Crippen LogP contribution in [0, 0.1) is 5.92 Å². The van der Waals surface area contributed by atoms with Gasteiger partial charge < -0.3 is 5.32 Å². The van der Waals surface area contributed by atoms with E-state index in [0.29, 0.717) is 20.8 Å². The van der Waals surface area contributed by atoms with Crippen LogP contribution in [0.15, 0.2) is 71.8 Å². The number of nitrogens with one attached hydrogen (secondary N) is 1. The van der Waals surface area contributed by atoms with Crippen molar-refractivity contribution in [1.82, 2.24) is 5.01 Å². The predicted molar refractivity (Wildman–Crippen MR) is 126 cm³/mol. The number of anilines is 1. The van der Waals surface area contributed by atoms with E-state index in [1.165, 1.54) is 10.6 Å². The number of hydrazone groups is 1. The van der Waals surface area contributed by atoms with Crippen molar-refractivity contribution in [3.8, 4) is 0 Å². The highest BCUT2D eigenvalue weighted by molar-refractivity contribution is 6.42. The zero-order valence-corrected chi connectivity index (χ0v) is 18.6. The topological polar surface area (TPSA) is 44.7 Å². The Bertz CT molecular complexity index is 1210. The van der Waals surface area contributed by atoms with Crippen LogP contribution in [-0.2, 0) is 6.42 Å². The van der Waals surface area contributed by atoms with Crippen LogP contribution >= 0.6 is 34.8 Å². The van der Waals surface area contributed by atoms with Crippen LogP contribution in [-0.4, -0.2) is 16.8 Å². The average molecular weight is 471 g/mol. The molecule has 1 aliphatic carbocycles. The summed E-state index contributed by atoms with van der Waals surface area (Å²) in [5, 5.41) is 10.6. The van der Waals surface area contributed by atoms with Crippen molar-refractivity contribution in [2.45, 2.75) is 18.9 Å². The molecule has 0 saturated carbocycles. The second-order valence-corrected chi connectivity index (χ2v) is 8.88. The van der Waals surface area contributed by atoms with Crippen molar-refractivity contribution in [3.63, 3.8) is 0 Å². The monoisotopic (exact) mass is 469 g/mol. The van der Waals surface area contributed by atoms with E-state index >= 15 is 0 Å². The molecule has 0 aromatic heterocycles. The number of carbonyl (C=O) groups is 1. The van der Waals surface area contributed by atoms with Crippen molar-refractivity contribution in [3.05, 3.63) is 98.5 Å². The number of nitrogens with zero attached hydrogens (tertiary/aromatic N) is 2. The van der Waals surface area contributed by atoms with Crippen LogP contribution < -0.4 is 5.32 Å². The van der Waals surface area contributed by atoms with Crippen molar-refractivity contribution >= 4 is 52.2 Å². The summed E-state index contributed by atoms with van der Waals surface area (Å²) in [7, 11) is 0. The molecule has 0 saturated heterocycles. The van der Waals surface area contributed by atoms with Gasteiger partial charge >= 0.3 is 6.03 Å². The minimum atomic E-state index is -0.345. The van der Waals surface area contributed by atoms with Gasteiger partial charge in [-0.15, -0.1) is 0 Å². The van der Waals surface area contributed by atoms with Crippen LogP contribution in [0.2, 0.25) is 15.1 Å². The number of urea groups is 1. The molecular formula is C24H18Cl3N3O. The van der Waals surface area contributed by atoms with E-state index < -0.39 is 0 Å². The first-order valence-corrected chi connectivity index (χ1v) is 11.1. The Balaban J connectivity index is 1.55. The largest absolute Gasteiger partial charge is 0.342 e. The Labute approximate surface area is 195 Å². The first-order chi connectivity index (χ1) is 15.0. The molecule has 1 aliphatic heterocycles. The summed E-state index contributed by atoms with van der Waals surface area (Å²) in [5.41, 5.74) is 4.71. The highest BCUT2D eigenvalue weighted by atomic mass is 35.5. The zero-order valence-electron chi connectivity index (χ0n) is 16.4. The van der Waals surface area contributed by atoms with E-state index in [9.17, 15) is 4.79 Å². The van der Waals surface area contributed by atoms with E-state index in [-0.39, 0.29) is 18.0 Å². The number of rotatable bonds is 2. The first kappa shape index (κ1) is 20.4. The molecule has 5 rings (SSSR count). The number of amides is 2. The number of halogens is 3. The molecular weight excluding hydrogens is 453 g/mol. The first-order valence-electron chi connectivity index (χ1n) is 9.99. The van der Waals surface area contributed by atoms with Gasteiger partial charge in [0.2, 0.25) is 0 Å². The second-order valence-electron chi connectivity index (χ2n) is 7.66. The molecule has 0 bridgehead atoms. The van der Waals surface area contributed by atoms with E-state index in [0.717, 1.165) is 29.7 Å². The van der Waals surface area contributed by atoms with Crippen molar-refractivity contribution in [2.24, 2.45) is 11.0 Å². The van der Waals surface area contributed by atoms with E-state index in [4.69, 9.17) is 39.9 Å².